The summed E-state index contributed by atoms with van der Waals surface area (Å²) in [5.74, 6) is -0.0171. The maximum atomic E-state index is 13.0. The van der Waals surface area contributed by atoms with Crippen molar-refractivity contribution in [3.63, 3.8) is 0 Å². The summed E-state index contributed by atoms with van der Waals surface area (Å²) >= 11 is 6.04. The Kier molecular flexibility index (Phi) is 7.19. The van der Waals surface area contributed by atoms with E-state index in [1.165, 1.54) is 0 Å². The van der Waals surface area contributed by atoms with Gasteiger partial charge in [0.05, 0.1) is 17.9 Å². The summed E-state index contributed by atoms with van der Waals surface area (Å²) in [6.07, 6.45) is 0. The molecule has 1 heterocycles. The molecular weight excluding hydrogens is 456 g/mol. The number of anilines is 1. The summed E-state index contributed by atoms with van der Waals surface area (Å²) in [5.41, 5.74) is 1.99. The van der Waals surface area contributed by atoms with Crippen molar-refractivity contribution < 1.29 is 18.7 Å². The third-order valence-electron chi connectivity index (χ3n) is 4.86. The van der Waals surface area contributed by atoms with Gasteiger partial charge < -0.3 is 19.8 Å². The first-order chi connectivity index (χ1) is 16.5. The van der Waals surface area contributed by atoms with Crippen LogP contribution in [0.1, 0.15) is 34.8 Å². The van der Waals surface area contributed by atoms with E-state index in [1.54, 1.807) is 55.5 Å². The van der Waals surface area contributed by atoms with Crippen LogP contribution in [0.15, 0.2) is 83.3 Å². The Hall–Kier alpha value is -4.17. The summed E-state index contributed by atoms with van der Waals surface area (Å²) < 4.78 is 11.0. The van der Waals surface area contributed by atoms with Gasteiger partial charge in [0.25, 0.3) is 0 Å². The molecule has 9 heteroatoms. The molecule has 0 saturated heterocycles. The molecule has 1 atom stereocenters. The number of carbonyl (C=O) groups is 2. The van der Waals surface area contributed by atoms with Crippen molar-refractivity contribution in [3.05, 3.63) is 101 Å². The number of nitrogens with zero attached hydrogens (tertiary/aromatic N) is 2. The van der Waals surface area contributed by atoms with Crippen molar-refractivity contribution in [1.82, 2.24) is 15.5 Å². The number of carbonyl (C=O) groups excluding carboxylic acids is 2. The maximum absolute atomic E-state index is 13.0. The van der Waals surface area contributed by atoms with E-state index in [2.05, 4.69) is 20.8 Å². The van der Waals surface area contributed by atoms with Crippen LogP contribution in [0.4, 0.5) is 10.5 Å². The molecule has 0 aliphatic carbocycles. The first kappa shape index (κ1) is 23.0. The molecule has 172 valence electrons. The molecule has 0 unspecified atom stereocenters. The van der Waals surface area contributed by atoms with E-state index in [-0.39, 0.29) is 18.1 Å². The molecule has 0 saturated carbocycles. The van der Waals surface area contributed by atoms with Crippen molar-refractivity contribution in [1.29, 1.82) is 0 Å². The van der Waals surface area contributed by atoms with E-state index in [0.717, 1.165) is 5.56 Å². The van der Waals surface area contributed by atoms with Crippen molar-refractivity contribution in [2.75, 3.05) is 11.9 Å². The number of amides is 2. The lowest BCUT2D eigenvalue weighted by atomic mass is 10.1. The van der Waals surface area contributed by atoms with Gasteiger partial charge in [-0.3, -0.25) is 0 Å². The SMILES string of the molecule is CCOC(=O)c1ccccc1NC(=O)N[C@H](c1ccc(Cl)cc1)c1nnc(-c2ccccc2)o1. The highest BCUT2D eigenvalue weighted by atomic mass is 35.5. The summed E-state index contributed by atoms with van der Waals surface area (Å²) in [5, 5.41) is 14.4. The van der Waals surface area contributed by atoms with Crippen LogP contribution in [-0.4, -0.2) is 28.8 Å². The van der Waals surface area contributed by atoms with E-state index in [9.17, 15) is 9.59 Å². The number of hydrogen-bond donors (Lipinski definition) is 2. The number of benzene rings is 3. The zero-order valence-electron chi connectivity index (χ0n) is 18.2. The van der Waals surface area contributed by atoms with Crippen LogP contribution in [0.2, 0.25) is 5.02 Å². The first-order valence-electron chi connectivity index (χ1n) is 10.5. The monoisotopic (exact) mass is 476 g/mol. The number of esters is 1. The zero-order chi connectivity index (χ0) is 23.9. The number of ether oxygens (including phenoxy) is 1. The van der Waals surface area contributed by atoms with E-state index in [1.807, 2.05) is 30.3 Å². The predicted octanol–water partition coefficient (Wildman–Crippen LogP) is 5.48. The first-order valence-corrected chi connectivity index (χ1v) is 10.9. The maximum Gasteiger partial charge on any atom is 0.340 e. The summed E-state index contributed by atoms with van der Waals surface area (Å²) in [4.78, 5) is 25.2. The highest BCUT2D eigenvalue weighted by molar-refractivity contribution is 6.30. The molecule has 2 N–H and O–H groups in total. The number of halogens is 1. The van der Waals surface area contributed by atoms with Crippen molar-refractivity contribution in [2.45, 2.75) is 13.0 Å². The molecule has 2 amide bonds. The van der Waals surface area contributed by atoms with Crippen LogP contribution in [0.5, 0.6) is 0 Å². The average molecular weight is 477 g/mol. The quantitative estimate of drug-likeness (QED) is 0.342. The van der Waals surface area contributed by atoms with Crippen LogP contribution in [-0.2, 0) is 4.74 Å². The Morgan fingerprint density at radius 3 is 2.41 bits per heavy atom. The Labute approximate surface area is 200 Å². The van der Waals surface area contributed by atoms with Crippen LogP contribution in [0, 0.1) is 0 Å². The molecule has 0 fully saturated rings. The van der Waals surface area contributed by atoms with Gasteiger partial charge in [-0.25, -0.2) is 9.59 Å². The normalized spacial score (nSPS) is 11.5. The molecule has 34 heavy (non-hydrogen) atoms. The molecule has 4 aromatic rings. The van der Waals surface area contributed by atoms with Gasteiger partial charge in [-0.05, 0) is 48.9 Å². The van der Waals surface area contributed by atoms with Crippen LogP contribution < -0.4 is 10.6 Å². The average Bonchev–Trinajstić information content (AvgIpc) is 3.34. The van der Waals surface area contributed by atoms with Crippen molar-refractivity contribution >= 4 is 29.3 Å². The minimum Gasteiger partial charge on any atom is -0.462 e. The molecule has 0 aliphatic heterocycles. The van der Waals surface area contributed by atoms with Gasteiger partial charge in [0.2, 0.25) is 11.8 Å². The smallest absolute Gasteiger partial charge is 0.340 e. The van der Waals surface area contributed by atoms with Gasteiger partial charge in [0.15, 0.2) is 0 Å². The number of para-hydroxylation sites is 1. The Balaban J connectivity index is 1.60. The summed E-state index contributed by atoms with van der Waals surface area (Å²) in [6.45, 7) is 1.93. The fourth-order valence-corrected chi connectivity index (χ4v) is 3.39. The fraction of sp³-hybridized carbons (Fsp3) is 0.120. The number of urea groups is 1. The van der Waals surface area contributed by atoms with E-state index in [4.69, 9.17) is 20.8 Å². The number of hydrogen-bond acceptors (Lipinski definition) is 6. The third-order valence-corrected chi connectivity index (χ3v) is 5.11. The third kappa shape index (κ3) is 5.41. The molecule has 0 aliphatic rings. The summed E-state index contributed by atoms with van der Waals surface area (Å²) in [7, 11) is 0. The number of rotatable bonds is 7. The van der Waals surface area contributed by atoms with Gasteiger partial charge in [-0.15, -0.1) is 10.2 Å². The molecule has 0 spiro atoms. The molecular formula is C25H21ClN4O4. The molecule has 0 radical (unpaired) electrons. The molecule has 3 aromatic carbocycles. The van der Waals surface area contributed by atoms with Gasteiger partial charge in [-0.2, -0.15) is 0 Å². The van der Waals surface area contributed by atoms with Gasteiger partial charge in [-0.1, -0.05) is 54.1 Å². The van der Waals surface area contributed by atoms with Crippen LogP contribution in [0.25, 0.3) is 11.5 Å². The molecule has 1 aromatic heterocycles. The van der Waals surface area contributed by atoms with E-state index in [0.29, 0.717) is 22.2 Å². The number of nitrogens with one attached hydrogen (secondary N) is 2. The second kappa shape index (κ2) is 10.6. The van der Waals surface area contributed by atoms with Gasteiger partial charge >= 0.3 is 12.0 Å². The largest absolute Gasteiger partial charge is 0.462 e. The van der Waals surface area contributed by atoms with Crippen LogP contribution in [0.3, 0.4) is 0 Å². The highest BCUT2D eigenvalue weighted by Crippen LogP contribution is 2.26. The Morgan fingerprint density at radius 2 is 1.68 bits per heavy atom. The van der Waals surface area contributed by atoms with Gasteiger partial charge in [0.1, 0.15) is 6.04 Å². The van der Waals surface area contributed by atoms with Crippen LogP contribution >= 0.6 is 11.6 Å². The lowest BCUT2D eigenvalue weighted by Crippen LogP contribution is -2.34. The lowest BCUT2D eigenvalue weighted by molar-refractivity contribution is 0.0527. The molecule has 0 bridgehead atoms. The molecule has 8 nitrogen and oxygen atoms in total. The second-order valence-corrected chi connectivity index (χ2v) is 7.60. The second-order valence-electron chi connectivity index (χ2n) is 7.16. The van der Waals surface area contributed by atoms with Gasteiger partial charge in [0, 0.05) is 10.6 Å². The highest BCUT2D eigenvalue weighted by Gasteiger charge is 2.24. The Bertz CT molecular complexity index is 1280. The zero-order valence-corrected chi connectivity index (χ0v) is 19.0. The van der Waals surface area contributed by atoms with E-state index >= 15 is 0 Å². The minimum absolute atomic E-state index is 0.190. The summed E-state index contributed by atoms with van der Waals surface area (Å²) in [6, 6.07) is 21.5. The predicted molar refractivity (Wildman–Crippen MR) is 128 cm³/mol. The van der Waals surface area contributed by atoms with Crippen molar-refractivity contribution in [2.24, 2.45) is 0 Å². The fourth-order valence-electron chi connectivity index (χ4n) is 3.26. The minimum atomic E-state index is -0.767. The number of aromatic nitrogens is 2. The molecule has 4 rings (SSSR count). The van der Waals surface area contributed by atoms with E-state index < -0.39 is 18.0 Å². The lowest BCUT2D eigenvalue weighted by Gasteiger charge is -2.17. The Morgan fingerprint density at radius 1 is 0.971 bits per heavy atom. The standard InChI is InChI=1S/C25H21ClN4O4/c1-2-33-24(31)19-10-6-7-11-20(19)27-25(32)28-21(16-12-14-18(26)15-13-16)23-30-29-22(34-23)17-8-4-3-5-9-17/h3-15,21H,2H2,1H3,(H2,27,28,32)/t21-/m1/s1. The van der Waals surface area contributed by atoms with Crippen molar-refractivity contribution in [3.8, 4) is 11.5 Å². The topological polar surface area (TPSA) is 106 Å².